The minimum atomic E-state index is -0.156. The van der Waals surface area contributed by atoms with Crippen molar-refractivity contribution in [3.8, 4) is 0 Å². The molecule has 2 saturated heterocycles. The number of thioether (sulfide) groups is 1. The van der Waals surface area contributed by atoms with Crippen LogP contribution in [0.1, 0.15) is 31.5 Å². The first-order chi connectivity index (χ1) is 10.6. The van der Waals surface area contributed by atoms with Crippen molar-refractivity contribution in [3.05, 3.63) is 28.3 Å². The van der Waals surface area contributed by atoms with E-state index in [1.165, 1.54) is 18.2 Å². The molecule has 4 rings (SSSR count). The molecule has 0 spiro atoms. The lowest BCUT2D eigenvalue weighted by Crippen LogP contribution is -2.57. The predicted octanol–water partition coefficient (Wildman–Crippen LogP) is 1.19. The third-order valence-electron chi connectivity index (χ3n) is 4.77. The molecule has 2 fully saturated rings. The molecule has 6 nitrogen and oxygen atoms in total. The topological polar surface area (TPSA) is 82.7 Å². The third kappa shape index (κ3) is 2.15. The first kappa shape index (κ1) is 14.2. The van der Waals surface area contributed by atoms with Gasteiger partial charge in [-0.2, -0.15) is 0 Å². The molecule has 2 aromatic heterocycles. The molecule has 0 saturated carbocycles. The number of hydrogen-bond donors (Lipinski definition) is 3. The SMILES string of the molecule is CSc1nc(C2NCC3(C)CCC2N3)c2cc[nH]c(=O)c2n1. The average Bonchev–Trinajstić information content (AvgIpc) is 2.83. The Balaban J connectivity index is 1.87. The Morgan fingerprint density at radius 2 is 2.27 bits per heavy atom. The van der Waals surface area contributed by atoms with Crippen molar-refractivity contribution in [2.45, 2.75) is 42.5 Å². The summed E-state index contributed by atoms with van der Waals surface area (Å²) in [5.41, 5.74) is 1.44. The molecule has 0 amide bonds. The van der Waals surface area contributed by atoms with Crippen LogP contribution >= 0.6 is 11.8 Å². The van der Waals surface area contributed by atoms with E-state index in [-0.39, 0.29) is 17.1 Å². The number of fused-ring (bicyclic) bond motifs is 3. The van der Waals surface area contributed by atoms with Crippen LogP contribution in [0.15, 0.2) is 22.2 Å². The number of aromatic amines is 1. The maximum absolute atomic E-state index is 12.1. The highest BCUT2D eigenvalue weighted by molar-refractivity contribution is 7.98. The number of nitrogens with one attached hydrogen (secondary N) is 3. The van der Waals surface area contributed by atoms with Gasteiger partial charge >= 0.3 is 0 Å². The summed E-state index contributed by atoms with van der Waals surface area (Å²) in [6.07, 6.45) is 5.89. The molecule has 22 heavy (non-hydrogen) atoms. The Morgan fingerprint density at radius 1 is 1.41 bits per heavy atom. The van der Waals surface area contributed by atoms with Crippen LogP contribution in [0.3, 0.4) is 0 Å². The number of hydrogen-bond acceptors (Lipinski definition) is 6. The van der Waals surface area contributed by atoms with E-state index in [1.807, 2.05) is 12.3 Å². The quantitative estimate of drug-likeness (QED) is 0.570. The maximum Gasteiger partial charge on any atom is 0.274 e. The summed E-state index contributed by atoms with van der Waals surface area (Å²) in [5.74, 6) is 0. The number of H-pyrrole nitrogens is 1. The van der Waals surface area contributed by atoms with Gasteiger partial charge in [0.05, 0.1) is 11.7 Å². The summed E-state index contributed by atoms with van der Waals surface area (Å²) in [4.78, 5) is 23.9. The molecule has 3 N–H and O–H groups in total. The monoisotopic (exact) mass is 317 g/mol. The van der Waals surface area contributed by atoms with Crippen LogP contribution < -0.4 is 16.2 Å². The van der Waals surface area contributed by atoms with Crippen molar-refractivity contribution >= 4 is 22.7 Å². The van der Waals surface area contributed by atoms with Crippen molar-refractivity contribution in [1.82, 2.24) is 25.6 Å². The standard InChI is InChI=1S/C15H19N5OS/c1-15-5-3-9(20-15)12(17-7-15)10-8-4-6-16-13(21)11(8)19-14(18-10)22-2/h4,6,9,12,17,20H,3,5,7H2,1-2H3,(H,16,21). The molecule has 2 aliphatic heterocycles. The molecule has 4 heterocycles. The van der Waals surface area contributed by atoms with E-state index in [0.717, 1.165) is 24.0 Å². The molecule has 0 aromatic carbocycles. The number of rotatable bonds is 2. The molecule has 2 aliphatic rings. The van der Waals surface area contributed by atoms with Gasteiger partial charge in [-0.25, -0.2) is 9.97 Å². The molecule has 2 bridgehead atoms. The number of pyridine rings is 1. The molecule has 116 valence electrons. The molecule has 2 aromatic rings. The van der Waals surface area contributed by atoms with E-state index >= 15 is 0 Å². The highest BCUT2D eigenvalue weighted by atomic mass is 32.2. The van der Waals surface area contributed by atoms with E-state index < -0.39 is 0 Å². The molecule has 0 radical (unpaired) electrons. The zero-order valence-electron chi connectivity index (χ0n) is 12.6. The smallest absolute Gasteiger partial charge is 0.274 e. The van der Waals surface area contributed by atoms with Crippen LogP contribution in [-0.4, -0.2) is 39.3 Å². The maximum atomic E-state index is 12.1. The van der Waals surface area contributed by atoms with Crippen molar-refractivity contribution < 1.29 is 0 Å². The van der Waals surface area contributed by atoms with Gasteiger partial charge in [0, 0.05) is 29.7 Å². The van der Waals surface area contributed by atoms with Crippen LogP contribution in [0.2, 0.25) is 0 Å². The van der Waals surface area contributed by atoms with Gasteiger partial charge in [-0.3, -0.25) is 4.79 Å². The lowest BCUT2D eigenvalue weighted by atomic mass is 9.98. The Labute approximate surface area is 132 Å². The highest BCUT2D eigenvalue weighted by Gasteiger charge is 2.44. The second-order valence-electron chi connectivity index (χ2n) is 6.37. The fourth-order valence-corrected chi connectivity index (χ4v) is 3.99. The van der Waals surface area contributed by atoms with Gasteiger partial charge < -0.3 is 15.6 Å². The van der Waals surface area contributed by atoms with Gasteiger partial charge in [0.25, 0.3) is 5.56 Å². The van der Waals surface area contributed by atoms with Crippen LogP contribution in [0.25, 0.3) is 10.9 Å². The molecule has 7 heteroatoms. The van der Waals surface area contributed by atoms with Crippen LogP contribution in [0, 0.1) is 0 Å². The Morgan fingerprint density at radius 3 is 3.09 bits per heavy atom. The van der Waals surface area contributed by atoms with Crippen LogP contribution in [-0.2, 0) is 0 Å². The average molecular weight is 317 g/mol. The molecule has 3 unspecified atom stereocenters. The Kier molecular flexibility index (Phi) is 3.25. The van der Waals surface area contributed by atoms with Crippen LogP contribution in [0.4, 0.5) is 0 Å². The lowest BCUT2D eigenvalue weighted by Gasteiger charge is -2.37. The van der Waals surface area contributed by atoms with Crippen molar-refractivity contribution in [2.75, 3.05) is 12.8 Å². The second-order valence-corrected chi connectivity index (χ2v) is 7.15. The van der Waals surface area contributed by atoms with Gasteiger partial charge in [0.1, 0.15) is 5.52 Å². The van der Waals surface area contributed by atoms with Crippen LogP contribution in [0.5, 0.6) is 0 Å². The first-order valence-electron chi connectivity index (χ1n) is 7.54. The van der Waals surface area contributed by atoms with E-state index in [9.17, 15) is 4.79 Å². The van der Waals surface area contributed by atoms with Gasteiger partial charge in [-0.05, 0) is 32.1 Å². The third-order valence-corrected chi connectivity index (χ3v) is 5.31. The van der Waals surface area contributed by atoms with Crippen molar-refractivity contribution in [1.29, 1.82) is 0 Å². The minimum Gasteiger partial charge on any atom is -0.327 e. The van der Waals surface area contributed by atoms with E-state index in [0.29, 0.717) is 16.7 Å². The van der Waals surface area contributed by atoms with E-state index in [1.54, 1.807) is 6.20 Å². The number of nitrogens with zero attached hydrogens (tertiary/aromatic N) is 2. The number of aromatic nitrogens is 3. The minimum absolute atomic E-state index is 0.119. The van der Waals surface area contributed by atoms with Gasteiger partial charge in [0.15, 0.2) is 5.16 Å². The van der Waals surface area contributed by atoms with Gasteiger partial charge in [-0.15, -0.1) is 0 Å². The summed E-state index contributed by atoms with van der Waals surface area (Å²) in [6, 6.07) is 2.38. The molecule has 0 aliphatic carbocycles. The lowest BCUT2D eigenvalue weighted by molar-refractivity contribution is 0.262. The largest absolute Gasteiger partial charge is 0.327 e. The summed E-state index contributed by atoms with van der Waals surface area (Å²) in [5, 5.41) is 8.83. The van der Waals surface area contributed by atoms with E-state index in [4.69, 9.17) is 4.98 Å². The summed E-state index contributed by atoms with van der Waals surface area (Å²) in [6.45, 7) is 3.17. The Hall–Kier alpha value is -1.44. The van der Waals surface area contributed by atoms with Gasteiger partial charge in [0.2, 0.25) is 0 Å². The van der Waals surface area contributed by atoms with Crippen molar-refractivity contribution in [3.63, 3.8) is 0 Å². The summed E-state index contributed by atoms with van der Waals surface area (Å²) in [7, 11) is 0. The summed E-state index contributed by atoms with van der Waals surface area (Å²) < 4.78 is 0. The fraction of sp³-hybridized carbons (Fsp3) is 0.533. The van der Waals surface area contributed by atoms with Crippen molar-refractivity contribution in [2.24, 2.45) is 0 Å². The molecular weight excluding hydrogens is 298 g/mol. The first-order valence-corrected chi connectivity index (χ1v) is 8.76. The van der Waals surface area contributed by atoms with E-state index in [2.05, 4.69) is 27.5 Å². The normalized spacial score (nSPS) is 30.8. The summed E-state index contributed by atoms with van der Waals surface area (Å²) >= 11 is 1.47. The Bertz CT molecular complexity index is 791. The molecular formula is C15H19N5OS. The van der Waals surface area contributed by atoms with Gasteiger partial charge in [-0.1, -0.05) is 11.8 Å². The zero-order chi connectivity index (χ0) is 15.3. The molecule has 3 atom stereocenters. The second kappa shape index (κ2) is 5.04. The number of piperazine rings is 1. The zero-order valence-corrected chi connectivity index (χ0v) is 13.5. The predicted molar refractivity (Wildman–Crippen MR) is 87.2 cm³/mol. The highest BCUT2D eigenvalue weighted by Crippen LogP contribution is 2.36. The fourth-order valence-electron chi connectivity index (χ4n) is 3.62.